The van der Waals surface area contributed by atoms with Crippen molar-refractivity contribution >= 4 is 17.2 Å². The summed E-state index contributed by atoms with van der Waals surface area (Å²) >= 11 is 4.91. The average molecular weight is 209 g/mol. The Labute approximate surface area is 89.7 Å². The topological polar surface area (TPSA) is 46.2 Å². The molecule has 0 spiro atoms. The summed E-state index contributed by atoms with van der Waals surface area (Å²) < 4.78 is 0. The van der Waals surface area contributed by atoms with Gasteiger partial charge in [0.15, 0.2) is 0 Å². The molecule has 1 rings (SSSR count). The van der Waals surface area contributed by atoms with Crippen molar-refractivity contribution in [1.82, 2.24) is 0 Å². The molecule has 76 valence electrons. The van der Waals surface area contributed by atoms with E-state index in [0.29, 0.717) is 10.7 Å². The van der Waals surface area contributed by atoms with Gasteiger partial charge < -0.3 is 10.8 Å². The highest BCUT2D eigenvalue weighted by Crippen LogP contribution is 2.18. The van der Waals surface area contributed by atoms with Crippen LogP contribution in [0.5, 0.6) is 5.75 Å². The second-order valence-electron chi connectivity index (χ2n) is 3.62. The number of aromatic hydroxyl groups is 1. The Bertz CT molecular complexity index is 349. The Kier molecular flexibility index (Phi) is 3.47. The number of hydrogen-bond donors (Lipinski definition) is 2. The minimum atomic E-state index is 0.202. The van der Waals surface area contributed by atoms with Crippen molar-refractivity contribution in [2.45, 2.75) is 20.3 Å². The molecule has 1 unspecified atom stereocenters. The lowest BCUT2D eigenvalue weighted by molar-refractivity contribution is 0.474. The third kappa shape index (κ3) is 2.70. The van der Waals surface area contributed by atoms with E-state index < -0.39 is 0 Å². The molecule has 0 saturated carbocycles. The molecule has 0 saturated heterocycles. The van der Waals surface area contributed by atoms with Gasteiger partial charge in [-0.1, -0.05) is 25.2 Å². The molecule has 2 nitrogen and oxygen atoms in total. The van der Waals surface area contributed by atoms with Gasteiger partial charge in [0.1, 0.15) is 5.75 Å². The zero-order valence-corrected chi connectivity index (χ0v) is 9.27. The van der Waals surface area contributed by atoms with Crippen LogP contribution in [0.1, 0.15) is 18.1 Å². The van der Waals surface area contributed by atoms with E-state index in [9.17, 15) is 5.11 Å². The lowest BCUT2D eigenvalue weighted by atomic mass is 9.97. The number of thiocarbonyl (C=S) groups is 1. The Morgan fingerprint density at radius 2 is 2.21 bits per heavy atom. The smallest absolute Gasteiger partial charge is 0.115 e. The predicted octanol–water partition coefficient (Wildman–Crippen LogP) is 2.17. The molecule has 3 N–H and O–H groups in total. The summed E-state index contributed by atoms with van der Waals surface area (Å²) in [6.45, 7) is 3.98. The fourth-order valence-corrected chi connectivity index (χ4v) is 1.42. The summed E-state index contributed by atoms with van der Waals surface area (Å²) in [7, 11) is 0. The molecule has 0 aliphatic heterocycles. The molecular formula is C11H15NOS. The first-order valence-electron chi connectivity index (χ1n) is 4.58. The van der Waals surface area contributed by atoms with Crippen molar-refractivity contribution in [3.8, 4) is 5.75 Å². The molecule has 0 fully saturated rings. The maximum Gasteiger partial charge on any atom is 0.115 e. The van der Waals surface area contributed by atoms with Crippen LogP contribution in [0.3, 0.4) is 0 Å². The summed E-state index contributed by atoms with van der Waals surface area (Å²) in [4.78, 5) is 0.539. The molecule has 0 amide bonds. The highest BCUT2D eigenvalue weighted by molar-refractivity contribution is 7.80. The molecule has 0 aliphatic rings. The maximum absolute atomic E-state index is 9.23. The third-order valence-corrected chi connectivity index (χ3v) is 2.74. The molecule has 1 atom stereocenters. The monoisotopic (exact) mass is 209 g/mol. The zero-order valence-electron chi connectivity index (χ0n) is 8.45. The number of aryl methyl sites for hydroxylation is 1. The molecule has 1 aromatic carbocycles. The van der Waals surface area contributed by atoms with E-state index in [1.54, 1.807) is 12.1 Å². The standard InChI is InChI=1S/C11H15NOS/c1-7-6-10(13)4-3-9(7)5-8(2)11(12)14/h3-4,6,8,13H,5H2,1-2H3,(H2,12,14). The van der Waals surface area contributed by atoms with Gasteiger partial charge in [0.05, 0.1) is 4.99 Å². The van der Waals surface area contributed by atoms with Gasteiger partial charge in [0.2, 0.25) is 0 Å². The minimum Gasteiger partial charge on any atom is -0.508 e. The molecule has 3 heteroatoms. The van der Waals surface area contributed by atoms with Crippen LogP contribution in [0.2, 0.25) is 0 Å². The largest absolute Gasteiger partial charge is 0.508 e. The van der Waals surface area contributed by atoms with Crippen molar-refractivity contribution in [2.75, 3.05) is 0 Å². The van der Waals surface area contributed by atoms with Gasteiger partial charge in [-0.15, -0.1) is 0 Å². The van der Waals surface area contributed by atoms with Gasteiger partial charge in [0, 0.05) is 5.92 Å². The van der Waals surface area contributed by atoms with Crippen LogP contribution in [-0.2, 0) is 6.42 Å². The first kappa shape index (κ1) is 11.0. The Balaban J connectivity index is 2.82. The van der Waals surface area contributed by atoms with Gasteiger partial charge in [-0.2, -0.15) is 0 Å². The molecule has 0 aromatic heterocycles. The van der Waals surface area contributed by atoms with Crippen LogP contribution in [0.25, 0.3) is 0 Å². The SMILES string of the molecule is Cc1cc(O)ccc1CC(C)C(N)=S. The van der Waals surface area contributed by atoms with E-state index in [2.05, 4.69) is 0 Å². The highest BCUT2D eigenvalue weighted by atomic mass is 32.1. The molecule has 0 aliphatic carbocycles. The summed E-state index contributed by atoms with van der Waals surface area (Å²) in [5.41, 5.74) is 7.81. The van der Waals surface area contributed by atoms with Crippen molar-refractivity contribution in [2.24, 2.45) is 11.7 Å². The molecule has 1 aromatic rings. The number of benzene rings is 1. The molecule has 14 heavy (non-hydrogen) atoms. The van der Waals surface area contributed by atoms with Gasteiger partial charge >= 0.3 is 0 Å². The molecular weight excluding hydrogens is 194 g/mol. The van der Waals surface area contributed by atoms with E-state index in [4.69, 9.17) is 18.0 Å². The predicted molar refractivity (Wildman–Crippen MR) is 62.5 cm³/mol. The van der Waals surface area contributed by atoms with Crippen LogP contribution >= 0.6 is 12.2 Å². The van der Waals surface area contributed by atoms with Crippen LogP contribution < -0.4 is 5.73 Å². The highest BCUT2D eigenvalue weighted by Gasteiger charge is 2.08. The summed E-state index contributed by atoms with van der Waals surface area (Å²) in [6.07, 6.45) is 0.835. The van der Waals surface area contributed by atoms with E-state index >= 15 is 0 Å². The summed E-state index contributed by atoms with van der Waals surface area (Å²) in [6, 6.07) is 5.36. The van der Waals surface area contributed by atoms with Crippen LogP contribution in [0.15, 0.2) is 18.2 Å². The fourth-order valence-electron chi connectivity index (χ4n) is 1.34. The van der Waals surface area contributed by atoms with Gasteiger partial charge in [0.25, 0.3) is 0 Å². The third-order valence-electron chi connectivity index (χ3n) is 2.34. The van der Waals surface area contributed by atoms with E-state index in [-0.39, 0.29) is 5.92 Å². The lowest BCUT2D eigenvalue weighted by Gasteiger charge is -2.11. The molecule has 0 bridgehead atoms. The first-order chi connectivity index (χ1) is 6.50. The van der Waals surface area contributed by atoms with E-state index in [1.165, 1.54) is 5.56 Å². The van der Waals surface area contributed by atoms with Crippen LogP contribution in [0, 0.1) is 12.8 Å². The number of phenolic OH excluding ortho intramolecular Hbond substituents is 1. The quantitative estimate of drug-likeness (QED) is 0.750. The Morgan fingerprint density at radius 1 is 1.57 bits per heavy atom. The first-order valence-corrected chi connectivity index (χ1v) is 4.99. The zero-order chi connectivity index (χ0) is 10.7. The summed E-state index contributed by atoms with van der Waals surface area (Å²) in [5.74, 6) is 0.502. The van der Waals surface area contributed by atoms with Crippen molar-refractivity contribution < 1.29 is 5.11 Å². The van der Waals surface area contributed by atoms with Crippen LogP contribution in [-0.4, -0.2) is 10.1 Å². The second-order valence-corrected chi connectivity index (χ2v) is 4.09. The van der Waals surface area contributed by atoms with Gasteiger partial charge in [-0.05, 0) is 36.6 Å². The normalized spacial score (nSPS) is 12.4. The van der Waals surface area contributed by atoms with Crippen molar-refractivity contribution in [3.05, 3.63) is 29.3 Å². The maximum atomic E-state index is 9.23. The summed E-state index contributed by atoms with van der Waals surface area (Å²) in [5, 5.41) is 9.23. The average Bonchev–Trinajstić information content (AvgIpc) is 2.09. The molecule has 0 heterocycles. The van der Waals surface area contributed by atoms with Gasteiger partial charge in [-0.25, -0.2) is 0 Å². The Hall–Kier alpha value is -1.09. The van der Waals surface area contributed by atoms with Gasteiger partial charge in [-0.3, -0.25) is 0 Å². The Morgan fingerprint density at radius 3 is 2.71 bits per heavy atom. The van der Waals surface area contributed by atoms with Crippen LogP contribution in [0.4, 0.5) is 0 Å². The number of rotatable bonds is 3. The molecule has 0 radical (unpaired) electrons. The van der Waals surface area contributed by atoms with E-state index in [1.807, 2.05) is 19.9 Å². The fraction of sp³-hybridized carbons (Fsp3) is 0.364. The number of hydrogen-bond acceptors (Lipinski definition) is 2. The van der Waals surface area contributed by atoms with Crippen molar-refractivity contribution in [1.29, 1.82) is 0 Å². The second kappa shape index (κ2) is 4.42. The lowest BCUT2D eigenvalue weighted by Crippen LogP contribution is -2.20. The minimum absolute atomic E-state index is 0.202. The van der Waals surface area contributed by atoms with E-state index in [0.717, 1.165) is 12.0 Å². The number of nitrogens with two attached hydrogens (primary N) is 1. The van der Waals surface area contributed by atoms with Crippen molar-refractivity contribution in [3.63, 3.8) is 0 Å². The number of phenols is 1.